The molecule has 1 aromatic heterocycles. The molecule has 2 rings (SSSR count). The maximum Gasteiger partial charge on any atom is 0.226 e. The Balaban J connectivity index is 1.95. The van der Waals surface area contributed by atoms with E-state index in [1.807, 2.05) is 6.92 Å². The summed E-state index contributed by atoms with van der Waals surface area (Å²) in [6.45, 7) is 1.87. The Morgan fingerprint density at radius 1 is 1.42 bits per heavy atom. The van der Waals surface area contributed by atoms with Crippen molar-refractivity contribution in [2.45, 2.75) is 19.4 Å². The van der Waals surface area contributed by atoms with Gasteiger partial charge in [-0.05, 0) is 19.1 Å². The van der Waals surface area contributed by atoms with Gasteiger partial charge in [0.2, 0.25) is 5.91 Å². The number of anilines is 1. The predicted octanol–water partition coefficient (Wildman–Crippen LogP) is 2.75. The fraction of sp³-hybridized carbons (Fsp3) is 0.231. The van der Waals surface area contributed by atoms with Crippen molar-refractivity contribution in [3.8, 4) is 0 Å². The fourth-order valence-corrected chi connectivity index (χ4v) is 1.69. The molecular weight excluding hydrogens is 252 g/mol. The maximum atomic E-state index is 13.0. The molecule has 6 heteroatoms. The van der Waals surface area contributed by atoms with Gasteiger partial charge in [-0.2, -0.15) is 0 Å². The highest BCUT2D eigenvalue weighted by Gasteiger charge is 2.11. The summed E-state index contributed by atoms with van der Waals surface area (Å²) in [5, 5.41) is 2.52. The van der Waals surface area contributed by atoms with Crippen LogP contribution in [-0.2, 0) is 4.79 Å². The lowest BCUT2D eigenvalue weighted by atomic mass is 10.2. The average Bonchev–Trinajstić information content (AvgIpc) is 2.87. The lowest BCUT2D eigenvalue weighted by Crippen LogP contribution is -2.17. The third kappa shape index (κ3) is 3.37. The summed E-state index contributed by atoms with van der Waals surface area (Å²) in [5.41, 5.74) is 0.238. The van der Waals surface area contributed by atoms with E-state index in [1.165, 1.54) is 6.07 Å². The highest BCUT2D eigenvalue weighted by Crippen LogP contribution is 2.15. The molecule has 1 atom stereocenters. The molecule has 19 heavy (non-hydrogen) atoms. The molecule has 0 aliphatic heterocycles. The highest BCUT2D eigenvalue weighted by atomic mass is 19.2. The largest absolute Gasteiger partial charge is 0.334 e. The topological polar surface area (TPSA) is 46.9 Å². The maximum absolute atomic E-state index is 13.0. The molecule has 1 unspecified atom stereocenters. The van der Waals surface area contributed by atoms with Crippen LogP contribution in [0, 0.1) is 11.6 Å². The van der Waals surface area contributed by atoms with E-state index < -0.39 is 11.6 Å². The molecule has 0 spiro atoms. The molecule has 0 saturated heterocycles. The third-order valence-electron chi connectivity index (χ3n) is 2.72. The van der Waals surface area contributed by atoms with Gasteiger partial charge in [-0.25, -0.2) is 13.8 Å². The van der Waals surface area contributed by atoms with Gasteiger partial charge in [-0.15, -0.1) is 0 Å². The first-order valence-electron chi connectivity index (χ1n) is 5.78. The van der Waals surface area contributed by atoms with E-state index in [2.05, 4.69) is 10.3 Å². The van der Waals surface area contributed by atoms with Crippen molar-refractivity contribution >= 4 is 11.6 Å². The van der Waals surface area contributed by atoms with Crippen molar-refractivity contribution < 1.29 is 13.6 Å². The van der Waals surface area contributed by atoms with Gasteiger partial charge in [0.15, 0.2) is 11.6 Å². The van der Waals surface area contributed by atoms with Gasteiger partial charge >= 0.3 is 0 Å². The molecule has 1 N–H and O–H groups in total. The van der Waals surface area contributed by atoms with Crippen LogP contribution in [0.2, 0.25) is 0 Å². The average molecular weight is 265 g/mol. The van der Waals surface area contributed by atoms with Crippen LogP contribution in [-0.4, -0.2) is 15.5 Å². The molecular formula is C13H13F2N3O. The van der Waals surface area contributed by atoms with Gasteiger partial charge < -0.3 is 9.88 Å². The first kappa shape index (κ1) is 13.2. The lowest BCUT2D eigenvalue weighted by Gasteiger charge is -2.12. The molecule has 0 radical (unpaired) electrons. The van der Waals surface area contributed by atoms with Crippen LogP contribution in [0.4, 0.5) is 14.5 Å². The number of imidazole rings is 1. The summed E-state index contributed by atoms with van der Waals surface area (Å²) in [6, 6.07) is 3.19. The molecule has 0 saturated carbocycles. The van der Waals surface area contributed by atoms with Gasteiger partial charge in [-0.1, -0.05) is 0 Å². The van der Waals surface area contributed by atoms with E-state index in [0.717, 1.165) is 12.1 Å². The highest BCUT2D eigenvalue weighted by molar-refractivity contribution is 5.90. The molecule has 0 bridgehead atoms. The second-order valence-corrected chi connectivity index (χ2v) is 4.24. The summed E-state index contributed by atoms with van der Waals surface area (Å²) >= 11 is 0. The SMILES string of the molecule is CC(CC(=O)Nc1ccc(F)c(F)c1)n1ccnc1. The van der Waals surface area contributed by atoms with Crippen LogP contribution < -0.4 is 5.32 Å². The quantitative estimate of drug-likeness (QED) is 0.924. The Morgan fingerprint density at radius 2 is 2.21 bits per heavy atom. The summed E-state index contributed by atoms with van der Waals surface area (Å²) < 4.78 is 27.5. The Bertz CT molecular complexity index is 569. The molecule has 0 aliphatic rings. The standard InChI is InChI=1S/C13H13F2N3O/c1-9(18-5-4-16-8-18)6-13(19)17-10-2-3-11(14)12(15)7-10/h2-5,7-9H,6H2,1H3,(H,17,19). The number of nitrogens with zero attached hydrogens (tertiary/aromatic N) is 2. The number of rotatable bonds is 4. The lowest BCUT2D eigenvalue weighted by molar-refractivity contribution is -0.116. The minimum atomic E-state index is -0.986. The van der Waals surface area contributed by atoms with Crippen LogP contribution in [0.1, 0.15) is 19.4 Å². The van der Waals surface area contributed by atoms with Crippen LogP contribution >= 0.6 is 0 Å². The smallest absolute Gasteiger partial charge is 0.226 e. The van der Waals surface area contributed by atoms with E-state index in [1.54, 1.807) is 23.3 Å². The van der Waals surface area contributed by atoms with Crippen molar-refractivity contribution in [2.24, 2.45) is 0 Å². The second kappa shape index (κ2) is 5.60. The van der Waals surface area contributed by atoms with Gasteiger partial charge in [0.05, 0.1) is 6.33 Å². The number of hydrogen-bond acceptors (Lipinski definition) is 2. The van der Waals surface area contributed by atoms with Crippen LogP contribution in [0.5, 0.6) is 0 Å². The van der Waals surface area contributed by atoms with E-state index in [0.29, 0.717) is 0 Å². The van der Waals surface area contributed by atoms with E-state index in [9.17, 15) is 13.6 Å². The normalized spacial score (nSPS) is 12.2. The van der Waals surface area contributed by atoms with E-state index in [4.69, 9.17) is 0 Å². The Hall–Kier alpha value is -2.24. The first-order valence-corrected chi connectivity index (χ1v) is 5.78. The third-order valence-corrected chi connectivity index (χ3v) is 2.72. The second-order valence-electron chi connectivity index (χ2n) is 4.24. The molecule has 1 amide bonds. The number of benzene rings is 1. The summed E-state index contributed by atoms with van der Waals surface area (Å²) in [4.78, 5) is 15.6. The van der Waals surface area contributed by atoms with Crippen LogP contribution in [0.15, 0.2) is 36.9 Å². The zero-order valence-electron chi connectivity index (χ0n) is 10.3. The van der Waals surface area contributed by atoms with Gasteiger partial charge in [0.25, 0.3) is 0 Å². The van der Waals surface area contributed by atoms with Crippen molar-refractivity contribution in [1.29, 1.82) is 0 Å². The number of aromatic nitrogens is 2. The predicted molar refractivity (Wildman–Crippen MR) is 66.5 cm³/mol. The van der Waals surface area contributed by atoms with E-state index in [-0.39, 0.29) is 24.1 Å². The van der Waals surface area contributed by atoms with Crippen molar-refractivity contribution in [1.82, 2.24) is 9.55 Å². The zero-order valence-corrected chi connectivity index (χ0v) is 10.3. The molecule has 0 fully saturated rings. The molecule has 0 aliphatic carbocycles. The molecule has 4 nitrogen and oxygen atoms in total. The number of carbonyl (C=O) groups excluding carboxylic acids is 1. The van der Waals surface area contributed by atoms with Gasteiger partial charge in [-0.3, -0.25) is 4.79 Å². The minimum absolute atomic E-state index is 0.0622. The van der Waals surface area contributed by atoms with Crippen LogP contribution in [0.25, 0.3) is 0 Å². The van der Waals surface area contributed by atoms with Crippen molar-refractivity contribution in [3.05, 3.63) is 48.6 Å². The summed E-state index contributed by atoms with van der Waals surface area (Å²) in [7, 11) is 0. The van der Waals surface area contributed by atoms with Gasteiger partial charge in [0, 0.05) is 36.6 Å². The fourth-order valence-electron chi connectivity index (χ4n) is 1.69. The van der Waals surface area contributed by atoms with Crippen molar-refractivity contribution in [3.63, 3.8) is 0 Å². The number of nitrogens with one attached hydrogen (secondary N) is 1. The molecule has 1 aromatic carbocycles. The Kier molecular flexibility index (Phi) is 3.89. The Morgan fingerprint density at radius 3 is 2.84 bits per heavy atom. The Labute approximate surface area is 109 Å². The first-order chi connectivity index (χ1) is 9.06. The molecule has 2 aromatic rings. The summed E-state index contributed by atoms with van der Waals surface area (Å²) in [5.74, 6) is -2.20. The number of halogens is 2. The molecule has 1 heterocycles. The van der Waals surface area contributed by atoms with E-state index >= 15 is 0 Å². The number of carbonyl (C=O) groups is 1. The van der Waals surface area contributed by atoms with Gasteiger partial charge in [0.1, 0.15) is 0 Å². The van der Waals surface area contributed by atoms with Crippen molar-refractivity contribution in [2.75, 3.05) is 5.32 Å². The zero-order chi connectivity index (χ0) is 13.8. The minimum Gasteiger partial charge on any atom is -0.334 e. The molecule has 100 valence electrons. The number of hydrogen-bond donors (Lipinski definition) is 1. The monoisotopic (exact) mass is 265 g/mol. The summed E-state index contributed by atoms with van der Waals surface area (Å²) in [6.07, 6.45) is 5.23. The number of amides is 1. The van der Waals surface area contributed by atoms with Crippen LogP contribution in [0.3, 0.4) is 0 Å².